The summed E-state index contributed by atoms with van der Waals surface area (Å²) < 4.78 is 4.79. The molecule has 1 rings (SSSR count). The minimum absolute atomic E-state index is 0.242. The Labute approximate surface area is 69.1 Å². The Morgan fingerprint density at radius 2 is 2.64 bits per heavy atom. The molecule has 0 fully saturated rings. The quantitative estimate of drug-likeness (QED) is 0.277. The number of rotatable bonds is 1. The first kappa shape index (κ1) is 7.90. The van der Waals surface area contributed by atoms with E-state index in [4.69, 9.17) is 10.3 Å². The van der Waals surface area contributed by atoms with E-state index >= 15 is 0 Å². The average Bonchev–Trinajstić information content (AvgIpc) is 2.52. The summed E-state index contributed by atoms with van der Waals surface area (Å²) in [7, 11) is 0. The molecule has 1 heterocycles. The Bertz CT molecular complexity index is 255. The third-order valence-electron chi connectivity index (χ3n) is 0.998. The smallest absolute Gasteiger partial charge is 0.207 e. The van der Waals surface area contributed by atoms with E-state index in [1.54, 1.807) is 24.8 Å². The topological polar surface area (TPSA) is 63.5 Å². The highest BCUT2D eigenvalue weighted by Gasteiger charge is 1.88. The molecule has 5 heteroatoms. The van der Waals surface area contributed by atoms with Gasteiger partial charge in [0.05, 0.1) is 12.5 Å². The van der Waals surface area contributed by atoms with Gasteiger partial charge in [-0.3, -0.25) is 5.43 Å². The summed E-state index contributed by atoms with van der Waals surface area (Å²) in [4.78, 5) is 3.80. The van der Waals surface area contributed by atoms with Gasteiger partial charge in [-0.15, -0.1) is 0 Å². The maximum Gasteiger partial charge on any atom is 0.207 e. The zero-order chi connectivity index (χ0) is 8.10. The molecule has 0 amide bonds. The van der Waals surface area contributed by atoms with Gasteiger partial charge in [-0.2, -0.15) is 0 Å². The van der Waals surface area contributed by atoms with E-state index in [-0.39, 0.29) is 5.11 Å². The number of nitrogens with zero attached hydrogens (tertiary/aromatic N) is 1. The maximum absolute atomic E-state index is 4.98. The Hall–Kier alpha value is -1.20. The van der Waals surface area contributed by atoms with Crippen LogP contribution in [0.15, 0.2) is 28.0 Å². The van der Waals surface area contributed by atoms with Crippen LogP contribution in [0.5, 0.6) is 0 Å². The van der Waals surface area contributed by atoms with E-state index in [1.807, 2.05) is 0 Å². The molecule has 0 radical (unpaired) electrons. The molecule has 0 unspecified atom stereocenters. The van der Waals surface area contributed by atoms with Crippen molar-refractivity contribution >= 4 is 23.5 Å². The second kappa shape index (κ2) is 3.85. The lowest BCUT2D eigenvalue weighted by Gasteiger charge is -1.90. The van der Waals surface area contributed by atoms with Gasteiger partial charge in [0.15, 0.2) is 0 Å². The Balaban J connectivity index is 2.55. The highest BCUT2D eigenvalue weighted by atomic mass is 32.1. The first-order chi connectivity index (χ1) is 5.33. The van der Waals surface area contributed by atoms with Crippen molar-refractivity contribution in [1.29, 1.82) is 0 Å². The molecule has 0 aromatic carbocycles. The van der Waals surface area contributed by atoms with E-state index < -0.39 is 0 Å². The number of hydrogen-bond acceptors (Lipinski definition) is 3. The number of nitrogens with one attached hydrogen (secondary N) is 1. The zero-order valence-electron chi connectivity index (χ0n) is 5.65. The number of hydrogen-bond donors (Lipinski definition) is 2. The molecule has 0 aliphatic rings. The van der Waals surface area contributed by atoms with Crippen LogP contribution in [0.2, 0.25) is 0 Å². The van der Waals surface area contributed by atoms with Gasteiger partial charge >= 0.3 is 0 Å². The standard InChI is InChI=1S/C6H7N3OS/c7-9-6(11)8-3-5-1-2-10-4-5/h1-4H,7H2,(H,9,11)/b8-3+. The summed E-state index contributed by atoms with van der Waals surface area (Å²) >= 11 is 4.66. The van der Waals surface area contributed by atoms with Crippen LogP contribution in [0.3, 0.4) is 0 Å². The van der Waals surface area contributed by atoms with Crippen molar-refractivity contribution in [1.82, 2.24) is 5.43 Å². The van der Waals surface area contributed by atoms with Crippen LogP contribution in [0.25, 0.3) is 0 Å². The molecule has 0 spiro atoms. The number of thiocarbonyl (C=S) groups is 1. The van der Waals surface area contributed by atoms with Gasteiger partial charge in [0.1, 0.15) is 0 Å². The fourth-order valence-electron chi connectivity index (χ4n) is 0.519. The summed E-state index contributed by atoms with van der Waals surface area (Å²) in [5.41, 5.74) is 3.08. The van der Waals surface area contributed by atoms with Crippen LogP contribution in [-0.4, -0.2) is 11.3 Å². The molecule has 0 aliphatic carbocycles. The molecule has 0 aliphatic heterocycles. The molecule has 3 N–H and O–H groups in total. The Kier molecular flexibility index (Phi) is 2.76. The van der Waals surface area contributed by atoms with Crippen molar-refractivity contribution in [3.63, 3.8) is 0 Å². The molecule has 58 valence electrons. The van der Waals surface area contributed by atoms with Gasteiger partial charge in [-0.25, -0.2) is 10.8 Å². The van der Waals surface area contributed by atoms with Crippen molar-refractivity contribution in [2.45, 2.75) is 0 Å². The van der Waals surface area contributed by atoms with Gasteiger partial charge in [0.25, 0.3) is 0 Å². The second-order valence-corrected chi connectivity index (χ2v) is 2.15. The molecule has 0 saturated heterocycles. The largest absolute Gasteiger partial charge is 0.472 e. The molecular weight excluding hydrogens is 162 g/mol. The predicted molar refractivity (Wildman–Crippen MR) is 46.2 cm³/mol. The molecule has 0 saturated carbocycles. The lowest BCUT2D eigenvalue weighted by Crippen LogP contribution is -2.26. The Morgan fingerprint density at radius 1 is 1.82 bits per heavy atom. The molecule has 4 nitrogen and oxygen atoms in total. The van der Waals surface area contributed by atoms with Crippen LogP contribution in [0.1, 0.15) is 5.56 Å². The van der Waals surface area contributed by atoms with Gasteiger partial charge < -0.3 is 4.42 Å². The fraction of sp³-hybridized carbons (Fsp3) is 0. The van der Waals surface area contributed by atoms with Gasteiger partial charge in [0, 0.05) is 11.8 Å². The fourth-order valence-corrected chi connectivity index (χ4v) is 0.572. The van der Waals surface area contributed by atoms with Gasteiger partial charge in [0.2, 0.25) is 5.11 Å². The number of furan rings is 1. The molecule has 1 aromatic rings. The predicted octanol–water partition coefficient (Wildman–Crippen LogP) is 0.447. The summed E-state index contributed by atoms with van der Waals surface area (Å²) in [6, 6.07) is 1.77. The molecular formula is C6H7N3OS. The third-order valence-corrected chi connectivity index (χ3v) is 1.22. The highest BCUT2D eigenvalue weighted by molar-refractivity contribution is 7.80. The van der Waals surface area contributed by atoms with Crippen LogP contribution < -0.4 is 11.3 Å². The van der Waals surface area contributed by atoms with Crippen LogP contribution in [0.4, 0.5) is 0 Å². The highest BCUT2D eigenvalue weighted by Crippen LogP contribution is 1.94. The summed E-state index contributed by atoms with van der Waals surface area (Å²) in [5, 5.41) is 0.242. The van der Waals surface area contributed by atoms with E-state index in [2.05, 4.69) is 22.6 Å². The van der Waals surface area contributed by atoms with Crippen LogP contribution >= 0.6 is 12.2 Å². The molecule has 11 heavy (non-hydrogen) atoms. The lowest BCUT2D eigenvalue weighted by atomic mass is 10.4. The van der Waals surface area contributed by atoms with E-state index in [0.717, 1.165) is 5.56 Å². The van der Waals surface area contributed by atoms with E-state index in [0.29, 0.717) is 0 Å². The monoisotopic (exact) mass is 169 g/mol. The van der Waals surface area contributed by atoms with Gasteiger partial charge in [-0.1, -0.05) is 0 Å². The first-order valence-corrected chi connectivity index (χ1v) is 3.30. The van der Waals surface area contributed by atoms with Crippen molar-refractivity contribution < 1.29 is 4.42 Å². The normalized spacial score (nSPS) is 10.3. The van der Waals surface area contributed by atoms with Crippen molar-refractivity contribution in [2.24, 2.45) is 10.8 Å². The first-order valence-electron chi connectivity index (χ1n) is 2.90. The van der Waals surface area contributed by atoms with Crippen LogP contribution in [0, 0.1) is 0 Å². The molecule has 0 atom stereocenters. The summed E-state index contributed by atoms with van der Waals surface area (Å²) in [6.07, 6.45) is 4.68. The molecule has 0 bridgehead atoms. The van der Waals surface area contributed by atoms with Gasteiger partial charge in [-0.05, 0) is 18.3 Å². The lowest BCUT2D eigenvalue weighted by molar-refractivity contribution is 0.567. The maximum atomic E-state index is 4.98. The summed E-state index contributed by atoms with van der Waals surface area (Å²) in [5.74, 6) is 4.98. The van der Waals surface area contributed by atoms with Crippen molar-refractivity contribution in [3.8, 4) is 0 Å². The number of nitrogens with two attached hydrogens (primary N) is 1. The average molecular weight is 169 g/mol. The molecule has 1 aromatic heterocycles. The minimum Gasteiger partial charge on any atom is -0.472 e. The summed E-state index contributed by atoms with van der Waals surface area (Å²) in [6.45, 7) is 0. The minimum atomic E-state index is 0.242. The zero-order valence-corrected chi connectivity index (χ0v) is 6.47. The van der Waals surface area contributed by atoms with E-state index in [1.165, 1.54) is 0 Å². The van der Waals surface area contributed by atoms with Crippen molar-refractivity contribution in [2.75, 3.05) is 0 Å². The van der Waals surface area contributed by atoms with E-state index in [9.17, 15) is 0 Å². The Morgan fingerprint density at radius 3 is 3.18 bits per heavy atom. The van der Waals surface area contributed by atoms with Crippen molar-refractivity contribution in [3.05, 3.63) is 24.2 Å². The number of hydrazine groups is 1. The SMILES string of the molecule is NNC(=S)/N=C/c1ccoc1. The number of aliphatic imine (C=N–C) groups is 1. The second-order valence-electron chi connectivity index (χ2n) is 1.76. The third kappa shape index (κ3) is 2.48. The van der Waals surface area contributed by atoms with Crippen LogP contribution in [-0.2, 0) is 0 Å².